The summed E-state index contributed by atoms with van der Waals surface area (Å²) in [5.74, 6) is 0.843. The molecular formula is C27H28N4O3. The fraction of sp³-hybridized carbons (Fsp3) is 0.296. The van der Waals surface area contributed by atoms with Crippen LogP contribution in [0.5, 0.6) is 0 Å². The van der Waals surface area contributed by atoms with Gasteiger partial charge in [0.2, 0.25) is 5.91 Å². The van der Waals surface area contributed by atoms with E-state index >= 15 is 0 Å². The number of carbonyl (C=O) groups is 2. The molecule has 2 amide bonds. The van der Waals surface area contributed by atoms with Gasteiger partial charge in [0, 0.05) is 38.2 Å². The van der Waals surface area contributed by atoms with Gasteiger partial charge in [-0.2, -0.15) is 0 Å². The minimum atomic E-state index is -0.996. The third-order valence-electron chi connectivity index (χ3n) is 7.09. The normalized spacial score (nSPS) is 16.9. The molecule has 0 saturated heterocycles. The molecule has 2 N–H and O–H groups in total. The van der Waals surface area contributed by atoms with E-state index in [1.165, 1.54) is 0 Å². The number of anilines is 2. The van der Waals surface area contributed by atoms with Gasteiger partial charge < -0.3 is 20.2 Å². The van der Waals surface area contributed by atoms with Crippen LogP contribution in [0.25, 0.3) is 22.4 Å². The lowest BCUT2D eigenvalue weighted by atomic mass is 9.71. The highest BCUT2D eigenvalue weighted by Crippen LogP contribution is 2.43. The van der Waals surface area contributed by atoms with Gasteiger partial charge in [0.05, 0.1) is 16.9 Å². The summed E-state index contributed by atoms with van der Waals surface area (Å²) in [5.41, 5.74) is 5.02. The van der Waals surface area contributed by atoms with E-state index in [1.807, 2.05) is 66.5 Å². The van der Waals surface area contributed by atoms with Crippen LogP contribution >= 0.6 is 0 Å². The molecule has 0 unspecified atom stereocenters. The molecule has 1 aliphatic heterocycles. The number of nitrogens with one attached hydrogen (secondary N) is 1. The zero-order valence-corrected chi connectivity index (χ0v) is 19.4. The number of benzene rings is 2. The smallest absolute Gasteiger partial charge is 0.405 e. The molecule has 7 heteroatoms. The SMILES string of the molecule is CN1CCC(=O)N(C)c2cc(-c3ccccc3)c(-c3ccc(C4(NC(=O)O)CCC4)cc3)nc21. The van der Waals surface area contributed by atoms with Crippen molar-refractivity contribution in [1.82, 2.24) is 10.3 Å². The molecule has 1 aromatic heterocycles. The van der Waals surface area contributed by atoms with Crippen molar-refractivity contribution in [3.63, 3.8) is 0 Å². The summed E-state index contributed by atoms with van der Waals surface area (Å²) in [4.78, 5) is 32.8. The second kappa shape index (κ2) is 8.48. The van der Waals surface area contributed by atoms with Crippen molar-refractivity contribution in [3.8, 4) is 22.4 Å². The van der Waals surface area contributed by atoms with Gasteiger partial charge in [0.15, 0.2) is 5.82 Å². The molecule has 1 saturated carbocycles. The van der Waals surface area contributed by atoms with E-state index in [9.17, 15) is 14.7 Å². The average Bonchev–Trinajstić information content (AvgIpc) is 2.93. The van der Waals surface area contributed by atoms with Crippen LogP contribution in [0.4, 0.5) is 16.3 Å². The summed E-state index contributed by atoms with van der Waals surface area (Å²) < 4.78 is 0. The standard InChI is InChI=1S/C27H28N4O3/c1-30-16-13-23(32)31(2)22-17-21(18-7-4-3-5-8-18)24(28-25(22)30)19-9-11-20(12-10-19)27(14-6-15-27)29-26(33)34/h3-5,7-12,17,29H,6,13-16H2,1-2H3,(H,33,34). The van der Waals surface area contributed by atoms with Gasteiger partial charge in [0.25, 0.3) is 0 Å². The van der Waals surface area contributed by atoms with Crippen molar-refractivity contribution < 1.29 is 14.7 Å². The largest absolute Gasteiger partial charge is 0.465 e. The Bertz CT molecular complexity index is 1240. The topological polar surface area (TPSA) is 85.8 Å². The molecule has 0 spiro atoms. The first-order chi connectivity index (χ1) is 16.4. The number of nitrogens with zero attached hydrogens (tertiary/aromatic N) is 3. The van der Waals surface area contributed by atoms with Crippen LogP contribution in [0.3, 0.4) is 0 Å². The van der Waals surface area contributed by atoms with Crippen LogP contribution in [0.1, 0.15) is 31.2 Å². The van der Waals surface area contributed by atoms with Crippen molar-refractivity contribution >= 4 is 23.5 Å². The Hall–Kier alpha value is -3.87. The van der Waals surface area contributed by atoms with E-state index in [4.69, 9.17) is 4.98 Å². The zero-order chi connectivity index (χ0) is 23.9. The lowest BCUT2D eigenvalue weighted by Gasteiger charge is -2.42. The number of hydrogen-bond donors (Lipinski definition) is 2. The molecule has 0 radical (unpaired) electrons. The van der Waals surface area contributed by atoms with Crippen molar-refractivity contribution in [2.24, 2.45) is 0 Å². The molecule has 174 valence electrons. The van der Waals surface area contributed by atoms with E-state index in [0.29, 0.717) is 13.0 Å². The summed E-state index contributed by atoms with van der Waals surface area (Å²) in [5, 5.41) is 12.0. The molecule has 5 rings (SSSR count). The molecule has 0 atom stereocenters. The van der Waals surface area contributed by atoms with E-state index in [-0.39, 0.29) is 5.91 Å². The summed E-state index contributed by atoms with van der Waals surface area (Å²) in [7, 11) is 3.77. The first-order valence-corrected chi connectivity index (χ1v) is 11.6. The summed E-state index contributed by atoms with van der Waals surface area (Å²) in [6.45, 7) is 0.607. The molecule has 0 bridgehead atoms. The molecule has 2 heterocycles. The number of carbonyl (C=O) groups excluding carboxylic acids is 1. The van der Waals surface area contributed by atoms with E-state index in [0.717, 1.165) is 58.7 Å². The van der Waals surface area contributed by atoms with E-state index in [2.05, 4.69) is 11.4 Å². The zero-order valence-electron chi connectivity index (χ0n) is 19.4. The number of fused-ring (bicyclic) bond motifs is 1. The van der Waals surface area contributed by atoms with E-state index < -0.39 is 11.6 Å². The van der Waals surface area contributed by atoms with Gasteiger partial charge in [-0.3, -0.25) is 4.79 Å². The van der Waals surface area contributed by atoms with Crippen molar-refractivity contribution in [2.75, 3.05) is 30.4 Å². The predicted molar refractivity (Wildman–Crippen MR) is 133 cm³/mol. The number of carboxylic acid groups (broad SMARTS) is 1. The van der Waals surface area contributed by atoms with Crippen molar-refractivity contribution in [3.05, 3.63) is 66.2 Å². The van der Waals surface area contributed by atoms with Crippen LogP contribution in [0, 0.1) is 0 Å². The Morgan fingerprint density at radius 2 is 1.74 bits per heavy atom. The van der Waals surface area contributed by atoms with Gasteiger partial charge in [-0.1, -0.05) is 54.6 Å². The Morgan fingerprint density at radius 1 is 1.03 bits per heavy atom. The van der Waals surface area contributed by atoms with Gasteiger partial charge in [-0.05, 0) is 36.5 Å². The number of aromatic nitrogens is 1. The molecule has 34 heavy (non-hydrogen) atoms. The summed E-state index contributed by atoms with van der Waals surface area (Å²) in [6, 6.07) is 20.2. The lowest BCUT2D eigenvalue weighted by Crippen LogP contribution is -2.50. The highest BCUT2D eigenvalue weighted by Gasteiger charge is 2.40. The minimum Gasteiger partial charge on any atom is -0.465 e. The van der Waals surface area contributed by atoms with Crippen LogP contribution in [-0.4, -0.2) is 42.7 Å². The van der Waals surface area contributed by atoms with Crippen molar-refractivity contribution in [2.45, 2.75) is 31.2 Å². The highest BCUT2D eigenvalue weighted by atomic mass is 16.4. The molecule has 7 nitrogen and oxygen atoms in total. The monoisotopic (exact) mass is 456 g/mol. The first kappa shape index (κ1) is 21.9. The summed E-state index contributed by atoms with van der Waals surface area (Å²) >= 11 is 0. The van der Waals surface area contributed by atoms with Crippen LogP contribution in [0.15, 0.2) is 60.7 Å². The number of pyridine rings is 1. The van der Waals surface area contributed by atoms with Crippen LogP contribution in [0.2, 0.25) is 0 Å². The van der Waals surface area contributed by atoms with Gasteiger partial charge in [0.1, 0.15) is 0 Å². The number of hydrogen-bond acceptors (Lipinski definition) is 4. The molecule has 1 fully saturated rings. The van der Waals surface area contributed by atoms with Crippen LogP contribution < -0.4 is 15.1 Å². The third-order valence-corrected chi connectivity index (χ3v) is 7.09. The lowest BCUT2D eigenvalue weighted by molar-refractivity contribution is -0.118. The number of rotatable bonds is 4. The van der Waals surface area contributed by atoms with Gasteiger partial charge in [-0.15, -0.1) is 0 Å². The van der Waals surface area contributed by atoms with Crippen molar-refractivity contribution in [1.29, 1.82) is 0 Å². The third kappa shape index (κ3) is 3.77. The molecule has 2 aromatic carbocycles. The quantitative estimate of drug-likeness (QED) is 0.585. The fourth-order valence-electron chi connectivity index (χ4n) is 4.92. The summed E-state index contributed by atoms with van der Waals surface area (Å²) in [6.07, 6.45) is 2.05. The second-order valence-electron chi connectivity index (χ2n) is 9.16. The second-order valence-corrected chi connectivity index (χ2v) is 9.16. The average molecular weight is 457 g/mol. The van der Waals surface area contributed by atoms with E-state index in [1.54, 1.807) is 11.9 Å². The fourth-order valence-corrected chi connectivity index (χ4v) is 4.92. The maximum atomic E-state index is 12.6. The Balaban J connectivity index is 1.63. The Kier molecular flexibility index (Phi) is 5.48. The maximum Gasteiger partial charge on any atom is 0.405 e. The highest BCUT2D eigenvalue weighted by molar-refractivity contribution is 5.99. The number of amides is 2. The molecular weight excluding hydrogens is 428 g/mol. The Labute approximate surface area is 199 Å². The molecule has 1 aliphatic carbocycles. The Morgan fingerprint density at radius 3 is 2.35 bits per heavy atom. The van der Waals surface area contributed by atoms with Gasteiger partial charge in [-0.25, -0.2) is 9.78 Å². The van der Waals surface area contributed by atoms with Gasteiger partial charge >= 0.3 is 6.09 Å². The predicted octanol–water partition coefficient (Wildman–Crippen LogP) is 4.87. The maximum absolute atomic E-state index is 12.6. The minimum absolute atomic E-state index is 0.0697. The molecule has 2 aliphatic rings. The van der Waals surface area contributed by atoms with Crippen LogP contribution in [-0.2, 0) is 10.3 Å². The molecule has 3 aromatic rings. The first-order valence-electron chi connectivity index (χ1n) is 11.6.